The van der Waals surface area contributed by atoms with Gasteiger partial charge >= 0.3 is 0 Å². The molecule has 0 spiro atoms. The maximum absolute atomic E-state index is 12.0. The summed E-state index contributed by atoms with van der Waals surface area (Å²) in [7, 11) is 5.88. The monoisotopic (exact) mass is 299 g/mol. The second kappa shape index (κ2) is 6.71. The topological polar surface area (TPSA) is 36.4 Å². The highest BCUT2D eigenvalue weighted by molar-refractivity contribution is 9.10. The number of hydrogen-bond acceptors (Lipinski definition) is 3. The van der Waals surface area contributed by atoms with Gasteiger partial charge in [0, 0.05) is 19.8 Å². The average molecular weight is 300 g/mol. The van der Waals surface area contributed by atoms with Gasteiger partial charge in [-0.2, -0.15) is 0 Å². The van der Waals surface area contributed by atoms with E-state index in [-0.39, 0.29) is 5.91 Å². The maximum Gasteiger partial charge on any atom is 0.255 e. The van der Waals surface area contributed by atoms with Crippen LogP contribution in [-0.2, 0) is 0 Å². The van der Waals surface area contributed by atoms with Gasteiger partial charge in [0.25, 0.3) is 5.91 Å². The molecule has 1 amide bonds. The van der Waals surface area contributed by atoms with Crippen LogP contribution in [0.1, 0.15) is 16.8 Å². The smallest absolute Gasteiger partial charge is 0.255 e. The van der Waals surface area contributed by atoms with Crippen LogP contribution in [0.2, 0.25) is 0 Å². The van der Waals surface area contributed by atoms with Crippen LogP contribution in [0.25, 0.3) is 0 Å². The van der Waals surface area contributed by atoms with E-state index in [9.17, 15) is 4.79 Å². The Balaban J connectivity index is 2.49. The van der Waals surface area contributed by atoms with E-state index in [4.69, 9.17) is 0 Å². The normalized spacial score (nSPS) is 10.6. The van der Waals surface area contributed by atoms with Crippen LogP contribution in [0.5, 0.6) is 0 Å². The molecular formula is C12H18BrN3O. The van der Waals surface area contributed by atoms with Crippen LogP contribution in [0.4, 0.5) is 0 Å². The van der Waals surface area contributed by atoms with Crippen LogP contribution in [0, 0.1) is 0 Å². The van der Waals surface area contributed by atoms with Crippen molar-refractivity contribution in [2.24, 2.45) is 0 Å². The molecule has 1 rings (SSSR count). The molecule has 0 aliphatic rings. The van der Waals surface area contributed by atoms with Crippen molar-refractivity contribution in [2.75, 3.05) is 34.2 Å². The quantitative estimate of drug-likeness (QED) is 0.779. The predicted molar refractivity (Wildman–Crippen MR) is 72.1 cm³/mol. The Kier molecular flexibility index (Phi) is 5.58. The molecule has 0 unspecified atom stereocenters. The Bertz CT molecular complexity index is 365. The van der Waals surface area contributed by atoms with E-state index in [0.717, 1.165) is 24.1 Å². The number of carbonyl (C=O) groups is 1. The first-order valence-electron chi connectivity index (χ1n) is 5.52. The molecule has 0 aliphatic heterocycles. The molecule has 5 heteroatoms. The molecule has 1 aromatic rings. The van der Waals surface area contributed by atoms with Crippen molar-refractivity contribution in [1.82, 2.24) is 14.8 Å². The lowest BCUT2D eigenvalue weighted by atomic mass is 10.2. The van der Waals surface area contributed by atoms with Crippen molar-refractivity contribution >= 4 is 21.8 Å². The molecule has 1 aromatic heterocycles. The fraction of sp³-hybridized carbons (Fsp3) is 0.500. The van der Waals surface area contributed by atoms with E-state index >= 15 is 0 Å². The molecule has 0 aromatic carbocycles. The minimum atomic E-state index is 0.0174. The second-order valence-corrected chi connectivity index (χ2v) is 5.07. The van der Waals surface area contributed by atoms with E-state index < -0.39 is 0 Å². The number of rotatable bonds is 5. The zero-order valence-corrected chi connectivity index (χ0v) is 12.1. The molecule has 0 radical (unpaired) electrons. The minimum absolute atomic E-state index is 0.0174. The van der Waals surface area contributed by atoms with Gasteiger partial charge in [0.15, 0.2) is 0 Å². The first-order chi connectivity index (χ1) is 8.00. The molecule has 0 saturated heterocycles. The van der Waals surface area contributed by atoms with Crippen LogP contribution in [0.3, 0.4) is 0 Å². The van der Waals surface area contributed by atoms with Crippen LogP contribution in [0.15, 0.2) is 22.9 Å². The van der Waals surface area contributed by atoms with Crippen molar-refractivity contribution in [1.29, 1.82) is 0 Å². The molecule has 0 aliphatic carbocycles. The third kappa shape index (κ3) is 4.83. The molecule has 94 valence electrons. The number of halogens is 1. The van der Waals surface area contributed by atoms with E-state index in [2.05, 4.69) is 25.8 Å². The third-order valence-electron chi connectivity index (χ3n) is 2.42. The number of carbonyl (C=O) groups excluding carboxylic acids is 1. The molecule has 4 nitrogen and oxygen atoms in total. The zero-order chi connectivity index (χ0) is 12.8. The van der Waals surface area contributed by atoms with Crippen molar-refractivity contribution in [3.63, 3.8) is 0 Å². The van der Waals surface area contributed by atoms with Gasteiger partial charge in [0.2, 0.25) is 0 Å². The summed E-state index contributed by atoms with van der Waals surface area (Å²) in [5, 5.41) is 0. The minimum Gasteiger partial charge on any atom is -0.342 e. The lowest BCUT2D eigenvalue weighted by Gasteiger charge is -2.18. The summed E-state index contributed by atoms with van der Waals surface area (Å²) in [6.07, 6.45) is 2.56. The van der Waals surface area contributed by atoms with Gasteiger partial charge in [-0.15, -0.1) is 0 Å². The lowest BCUT2D eigenvalue weighted by molar-refractivity contribution is 0.0790. The summed E-state index contributed by atoms with van der Waals surface area (Å²) in [6, 6.07) is 3.56. The molecule has 0 N–H and O–H groups in total. The van der Waals surface area contributed by atoms with Crippen LogP contribution < -0.4 is 0 Å². The van der Waals surface area contributed by atoms with E-state index in [0.29, 0.717) is 5.56 Å². The first kappa shape index (κ1) is 14.1. The number of nitrogens with zero attached hydrogens (tertiary/aromatic N) is 3. The Morgan fingerprint density at radius 2 is 2.00 bits per heavy atom. The van der Waals surface area contributed by atoms with Crippen LogP contribution in [-0.4, -0.2) is 54.9 Å². The molecule has 0 atom stereocenters. The Hall–Kier alpha value is -0.940. The largest absolute Gasteiger partial charge is 0.342 e. The lowest BCUT2D eigenvalue weighted by Crippen LogP contribution is -2.29. The zero-order valence-electron chi connectivity index (χ0n) is 10.5. The van der Waals surface area contributed by atoms with Gasteiger partial charge in [-0.3, -0.25) is 4.79 Å². The number of amides is 1. The Morgan fingerprint density at radius 3 is 2.53 bits per heavy atom. The van der Waals surface area contributed by atoms with Crippen molar-refractivity contribution < 1.29 is 4.79 Å². The summed E-state index contributed by atoms with van der Waals surface area (Å²) in [4.78, 5) is 19.9. The fourth-order valence-electron chi connectivity index (χ4n) is 1.45. The van der Waals surface area contributed by atoms with Gasteiger partial charge in [0.05, 0.1) is 5.56 Å². The van der Waals surface area contributed by atoms with Gasteiger partial charge < -0.3 is 9.80 Å². The summed E-state index contributed by atoms with van der Waals surface area (Å²) in [5.74, 6) is 0.0174. The predicted octanol–water partition coefficient (Wildman–Crippen LogP) is 1.87. The van der Waals surface area contributed by atoms with Crippen molar-refractivity contribution in [2.45, 2.75) is 6.42 Å². The maximum atomic E-state index is 12.0. The first-order valence-corrected chi connectivity index (χ1v) is 6.31. The number of pyridine rings is 1. The summed E-state index contributed by atoms with van der Waals surface area (Å²) >= 11 is 3.25. The molecular weight excluding hydrogens is 282 g/mol. The summed E-state index contributed by atoms with van der Waals surface area (Å²) < 4.78 is 0.740. The highest BCUT2D eigenvalue weighted by Gasteiger charge is 2.11. The Labute approximate surface area is 111 Å². The second-order valence-electron chi connectivity index (χ2n) is 4.25. The summed E-state index contributed by atoms with van der Waals surface area (Å²) in [6.45, 7) is 1.74. The SMILES string of the molecule is CN(C)CCCN(C)C(=O)c1ccc(Br)nc1. The molecule has 1 heterocycles. The molecule has 0 fully saturated rings. The fourth-order valence-corrected chi connectivity index (χ4v) is 1.68. The van der Waals surface area contributed by atoms with Gasteiger partial charge in [-0.25, -0.2) is 4.98 Å². The molecule has 0 saturated carbocycles. The number of aromatic nitrogens is 1. The van der Waals surface area contributed by atoms with Gasteiger partial charge in [-0.05, 0) is 55.1 Å². The van der Waals surface area contributed by atoms with E-state index in [1.165, 1.54) is 0 Å². The standard InChI is InChI=1S/C12H18BrN3O/c1-15(2)7-4-8-16(3)12(17)10-5-6-11(13)14-9-10/h5-6,9H,4,7-8H2,1-3H3. The highest BCUT2D eigenvalue weighted by atomic mass is 79.9. The molecule has 0 bridgehead atoms. The highest BCUT2D eigenvalue weighted by Crippen LogP contribution is 2.08. The Morgan fingerprint density at radius 1 is 1.29 bits per heavy atom. The van der Waals surface area contributed by atoms with Crippen LogP contribution >= 0.6 is 15.9 Å². The average Bonchev–Trinajstić information content (AvgIpc) is 2.28. The van der Waals surface area contributed by atoms with Crippen molar-refractivity contribution in [3.05, 3.63) is 28.5 Å². The number of hydrogen-bond donors (Lipinski definition) is 0. The van der Waals surface area contributed by atoms with Gasteiger partial charge in [-0.1, -0.05) is 0 Å². The van der Waals surface area contributed by atoms with Crippen molar-refractivity contribution in [3.8, 4) is 0 Å². The third-order valence-corrected chi connectivity index (χ3v) is 2.89. The summed E-state index contributed by atoms with van der Waals surface area (Å²) in [5.41, 5.74) is 0.626. The van der Waals surface area contributed by atoms with Gasteiger partial charge in [0.1, 0.15) is 4.60 Å². The van der Waals surface area contributed by atoms with E-state index in [1.54, 1.807) is 23.2 Å². The molecule has 17 heavy (non-hydrogen) atoms. The van der Waals surface area contributed by atoms with E-state index in [1.807, 2.05) is 21.1 Å².